The third-order valence-electron chi connectivity index (χ3n) is 5.00. The van der Waals surface area contributed by atoms with E-state index in [1.807, 2.05) is 12.5 Å². The van der Waals surface area contributed by atoms with Gasteiger partial charge in [0.2, 0.25) is 0 Å². The maximum absolute atomic E-state index is 4.13. The van der Waals surface area contributed by atoms with E-state index in [1.165, 1.54) is 89.9 Å². The first-order valence-corrected chi connectivity index (χ1v) is 11.3. The highest BCUT2D eigenvalue weighted by Gasteiger charge is 2.10. The molecule has 0 saturated heterocycles. The summed E-state index contributed by atoms with van der Waals surface area (Å²) in [6.45, 7) is 4.57. The molecule has 2 unspecified atom stereocenters. The minimum Gasteiger partial charge on any atom is -0.335 e. The summed E-state index contributed by atoms with van der Waals surface area (Å²) in [6, 6.07) is 0.536. The number of rotatable bonds is 16. The van der Waals surface area contributed by atoms with Crippen LogP contribution in [0.15, 0.2) is 18.7 Å². The van der Waals surface area contributed by atoms with Crippen molar-refractivity contribution in [1.82, 2.24) is 9.55 Å². The van der Waals surface area contributed by atoms with Crippen molar-refractivity contribution in [3.05, 3.63) is 18.7 Å². The van der Waals surface area contributed by atoms with Gasteiger partial charge in [-0.3, -0.25) is 0 Å². The van der Waals surface area contributed by atoms with Gasteiger partial charge in [-0.1, -0.05) is 99.9 Å². The summed E-state index contributed by atoms with van der Waals surface area (Å²) in [5, 5.41) is 0. The third kappa shape index (κ3) is 11.3. The van der Waals surface area contributed by atoms with Gasteiger partial charge in [-0.25, -0.2) is 4.98 Å². The zero-order valence-corrected chi connectivity index (χ0v) is 17.6. The van der Waals surface area contributed by atoms with Gasteiger partial charge in [0.15, 0.2) is 0 Å². The van der Waals surface area contributed by atoms with Crippen molar-refractivity contribution in [2.24, 2.45) is 0 Å². The number of hydrogen-bond donors (Lipinski definition) is 0. The Hall–Kier alpha value is -0.310. The van der Waals surface area contributed by atoms with Crippen molar-refractivity contribution in [1.29, 1.82) is 0 Å². The van der Waals surface area contributed by atoms with E-state index in [0.717, 1.165) is 0 Å². The van der Waals surface area contributed by atoms with E-state index in [2.05, 4.69) is 45.5 Å². The fraction of sp³-hybridized carbons (Fsp3) is 0.857. The van der Waals surface area contributed by atoms with Crippen LogP contribution in [0, 0.1) is 0 Å². The Morgan fingerprint density at radius 3 is 1.92 bits per heavy atom. The predicted molar refractivity (Wildman–Crippen MR) is 110 cm³/mol. The Morgan fingerprint density at radius 2 is 1.42 bits per heavy atom. The van der Waals surface area contributed by atoms with Gasteiger partial charge in [-0.05, 0) is 19.8 Å². The van der Waals surface area contributed by atoms with Crippen molar-refractivity contribution in [3.8, 4) is 0 Å². The molecule has 0 aromatic carbocycles. The van der Waals surface area contributed by atoms with E-state index in [0.29, 0.717) is 10.9 Å². The largest absolute Gasteiger partial charge is 0.335 e. The Bertz CT molecular complexity index is 364. The summed E-state index contributed by atoms with van der Waals surface area (Å²) < 4.78 is 2.20. The van der Waals surface area contributed by atoms with Crippen LogP contribution in [0.3, 0.4) is 0 Å². The minimum atomic E-state index is 0.536. The van der Waals surface area contributed by atoms with E-state index >= 15 is 0 Å². The second-order valence-corrected chi connectivity index (χ2v) is 8.66. The molecule has 140 valence electrons. The highest BCUT2D eigenvalue weighted by molar-refractivity contribution is 9.09. The SMILES string of the molecule is CCCCCCCCCCCCCCC(Br)CC(C)n1ccnc1. The fourth-order valence-corrected chi connectivity index (χ4v) is 4.21. The van der Waals surface area contributed by atoms with E-state index in [9.17, 15) is 0 Å². The first-order valence-electron chi connectivity index (χ1n) is 10.4. The van der Waals surface area contributed by atoms with Gasteiger partial charge in [-0.15, -0.1) is 0 Å². The molecule has 0 fully saturated rings. The molecule has 0 N–H and O–H groups in total. The smallest absolute Gasteiger partial charge is 0.0948 e. The van der Waals surface area contributed by atoms with Gasteiger partial charge in [0.1, 0.15) is 0 Å². The molecule has 3 heteroatoms. The summed E-state index contributed by atoms with van der Waals surface area (Å²) in [7, 11) is 0. The molecule has 0 amide bonds. The lowest BCUT2D eigenvalue weighted by Gasteiger charge is -2.17. The second-order valence-electron chi connectivity index (χ2n) is 7.37. The molecule has 2 atom stereocenters. The molecule has 1 aromatic heterocycles. The van der Waals surface area contributed by atoms with Gasteiger partial charge in [0.05, 0.1) is 6.33 Å². The average Bonchev–Trinajstić information content (AvgIpc) is 3.10. The van der Waals surface area contributed by atoms with Crippen molar-refractivity contribution >= 4 is 15.9 Å². The molecule has 0 spiro atoms. The van der Waals surface area contributed by atoms with Crippen molar-refractivity contribution in [2.45, 2.75) is 115 Å². The number of imidazole rings is 1. The van der Waals surface area contributed by atoms with Crippen LogP contribution in [0.4, 0.5) is 0 Å². The summed E-state index contributed by atoms with van der Waals surface area (Å²) in [5.74, 6) is 0. The zero-order chi connectivity index (χ0) is 17.5. The molecular weight excluding hydrogens is 360 g/mol. The number of aromatic nitrogens is 2. The van der Waals surface area contributed by atoms with Crippen molar-refractivity contribution in [2.75, 3.05) is 0 Å². The molecule has 0 radical (unpaired) electrons. The van der Waals surface area contributed by atoms with Crippen LogP contribution in [0.5, 0.6) is 0 Å². The monoisotopic (exact) mass is 398 g/mol. The number of hydrogen-bond acceptors (Lipinski definition) is 1. The molecule has 2 nitrogen and oxygen atoms in total. The van der Waals surface area contributed by atoms with Gasteiger partial charge < -0.3 is 4.57 Å². The summed E-state index contributed by atoms with van der Waals surface area (Å²) in [4.78, 5) is 4.77. The second kappa shape index (κ2) is 15.0. The highest BCUT2D eigenvalue weighted by atomic mass is 79.9. The Balaban J connectivity index is 1.84. The predicted octanol–water partition coefficient (Wildman–Crippen LogP) is 7.69. The quantitative estimate of drug-likeness (QED) is 0.206. The number of nitrogens with zero attached hydrogens (tertiary/aromatic N) is 2. The van der Waals surface area contributed by atoms with Crippen LogP contribution in [0.1, 0.15) is 110 Å². The maximum Gasteiger partial charge on any atom is 0.0948 e. The molecular formula is C21H39BrN2. The fourth-order valence-electron chi connectivity index (χ4n) is 3.35. The Labute approximate surface area is 159 Å². The van der Waals surface area contributed by atoms with Crippen molar-refractivity contribution in [3.63, 3.8) is 0 Å². The van der Waals surface area contributed by atoms with E-state index < -0.39 is 0 Å². The lowest BCUT2D eigenvalue weighted by molar-refractivity contribution is 0.476. The van der Waals surface area contributed by atoms with Crippen LogP contribution in [0.2, 0.25) is 0 Å². The number of unbranched alkanes of at least 4 members (excludes halogenated alkanes) is 11. The number of halogens is 1. The Kier molecular flexibility index (Phi) is 13.6. The summed E-state index contributed by atoms with van der Waals surface area (Å²) >= 11 is 3.86. The third-order valence-corrected chi connectivity index (χ3v) is 5.83. The normalized spacial score (nSPS) is 14.0. The average molecular weight is 399 g/mol. The van der Waals surface area contributed by atoms with Gasteiger partial charge in [0.25, 0.3) is 0 Å². The molecule has 24 heavy (non-hydrogen) atoms. The first-order chi connectivity index (χ1) is 11.7. The first kappa shape index (κ1) is 21.7. The molecule has 0 bridgehead atoms. The molecule has 1 aromatic rings. The zero-order valence-electron chi connectivity index (χ0n) is 16.1. The molecule has 1 heterocycles. The summed E-state index contributed by atoms with van der Waals surface area (Å²) in [5.41, 5.74) is 0. The van der Waals surface area contributed by atoms with Gasteiger partial charge in [0, 0.05) is 23.3 Å². The van der Waals surface area contributed by atoms with Crippen LogP contribution < -0.4 is 0 Å². The molecule has 0 aliphatic heterocycles. The molecule has 0 saturated carbocycles. The van der Waals surface area contributed by atoms with Crippen LogP contribution in [-0.2, 0) is 0 Å². The van der Waals surface area contributed by atoms with E-state index in [1.54, 1.807) is 0 Å². The lowest BCUT2D eigenvalue weighted by atomic mass is 10.0. The molecule has 0 aliphatic carbocycles. The minimum absolute atomic E-state index is 0.536. The number of alkyl halides is 1. The Morgan fingerprint density at radius 1 is 0.875 bits per heavy atom. The highest BCUT2D eigenvalue weighted by Crippen LogP contribution is 2.22. The van der Waals surface area contributed by atoms with E-state index in [-0.39, 0.29) is 0 Å². The van der Waals surface area contributed by atoms with Crippen LogP contribution >= 0.6 is 15.9 Å². The van der Waals surface area contributed by atoms with Gasteiger partial charge in [-0.2, -0.15) is 0 Å². The molecule has 0 aliphatic rings. The lowest BCUT2D eigenvalue weighted by Crippen LogP contribution is -2.09. The summed E-state index contributed by atoms with van der Waals surface area (Å²) in [6.07, 6.45) is 25.5. The molecule has 1 rings (SSSR count). The standard InChI is InChI=1S/C21H39BrN2/c1-3-4-5-6-7-8-9-10-11-12-13-14-15-21(22)18-20(2)24-17-16-23-19-24/h16-17,19-21H,3-15,18H2,1-2H3. The van der Waals surface area contributed by atoms with Gasteiger partial charge >= 0.3 is 0 Å². The van der Waals surface area contributed by atoms with Crippen LogP contribution in [0.25, 0.3) is 0 Å². The van der Waals surface area contributed by atoms with Crippen LogP contribution in [-0.4, -0.2) is 14.4 Å². The van der Waals surface area contributed by atoms with Crippen molar-refractivity contribution < 1.29 is 0 Å². The topological polar surface area (TPSA) is 17.8 Å². The van der Waals surface area contributed by atoms with E-state index in [4.69, 9.17) is 0 Å². The maximum atomic E-state index is 4.13.